The summed E-state index contributed by atoms with van der Waals surface area (Å²) in [4.78, 5) is 35.3. The number of carboxylic acids is 2. The van der Waals surface area contributed by atoms with E-state index in [1.54, 1.807) is 24.3 Å². The molecule has 2 aliphatic rings. The van der Waals surface area contributed by atoms with E-state index < -0.39 is 47.2 Å². The van der Waals surface area contributed by atoms with E-state index in [0.29, 0.717) is 11.3 Å². The van der Waals surface area contributed by atoms with Crippen LogP contribution in [0.5, 0.6) is 5.75 Å². The van der Waals surface area contributed by atoms with Crippen LogP contribution in [0.1, 0.15) is 16.8 Å². The molecule has 0 radical (unpaired) electrons. The van der Waals surface area contributed by atoms with Crippen LogP contribution in [-0.4, -0.2) is 46.7 Å². The van der Waals surface area contributed by atoms with E-state index in [4.69, 9.17) is 10.5 Å². The number of benzene rings is 1. The van der Waals surface area contributed by atoms with Gasteiger partial charge in [-0.05, 0) is 24.5 Å². The van der Waals surface area contributed by atoms with Crippen LogP contribution in [0, 0.1) is 17.8 Å². The maximum Gasteiger partial charge on any atom is 0.324 e. The Bertz CT molecular complexity index is 720. The van der Waals surface area contributed by atoms with E-state index in [2.05, 4.69) is 5.32 Å². The minimum absolute atomic E-state index is 0.00232. The SMILES string of the molecule is COc1ccccc1C(=O)NC1CC(N)(C(=O)O)C2C(C(=O)O)C12. The molecule has 1 amide bonds. The Morgan fingerprint density at radius 1 is 1.29 bits per heavy atom. The average Bonchev–Trinajstić information content (AvgIpc) is 3.23. The van der Waals surface area contributed by atoms with E-state index >= 15 is 0 Å². The zero-order chi connectivity index (χ0) is 17.6. The van der Waals surface area contributed by atoms with Gasteiger partial charge in [0.2, 0.25) is 0 Å². The number of hydrogen-bond acceptors (Lipinski definition) is 5. The first-order valence-corrected chi connectivity index (χ1v) is 7.50. The summed E-state index contributed by atoms with van der Waals surface area (Å²) in [6, 6.07) is 6.01. The summed E-state index contributed by atoms with van der Waals surface area (Å²) in [5.74, 6) is -4.37. The molecule has 5 unspecified atom stereocenters. The van der Waals surface area contributed by atoms with Gasteiger partial charge in [-0.25, -0.2) is 0 Å². The number of nitrogens with one attached hydrogen (secondary N) is 1. The molecule has 8 nitrogen and oxygen atoms in total. The minimum Gasteiger partial charge on any atom is -0.496 e. The number of nitrogens with two attached hydrogens (primary N) is 1. The molecular formula is C16H18N2O6. The number of carbonyl (C=O) groups is 3. The fourth-order valence-corrected chi connectivity index (χ4v) is 3.91. The molecule has 0 saturated heterocycles. The molecule has 24 heavy (non-hydrogen) atoms. The molecule has 1 aromatic carbocycles. The summed E-state index contributed by atoms with van der Waals surface area (Å²) in [6.45, 7) is 0. The minimum atomic E-state index is -1.63. The number of hydrogen-bond donors (Lipinski definition) is 4. The van der Waals surface area contributed by atoms with Crippen LogP contribution < -0.4 is 15.8 Å². The Kier molecular flexibility index (Phi) is 3.71. The molecule has 8 heteroatoms. The van der Waals surface area contributed by atoms with Gasteiger partial charge in [0.05, 0.1) is 18.6 Å². The van der Waals surface area contributed by atoms with Crippen LogP contribution in [-0.2, 0) is 9.59 Å². The molecular weight excluding hydrogens is 316 g/mol. The van der Waals surface area contributed by atoms with Gasteiger partial charge in [0.15, 0.2) is 0 Å². The van der Waals surface area contributed by atoms with Gasteiger partial charge in [-0.15, -0.1) is 0 Å². The highest BCUT2D eigenvalue weighted by molar-refractivity contribution is 5.97. The summed E-state index contributed by atoms with van der Waals surface area (Å²) >= 11 is 0. The lowest BCUT2D eigenvalue weighted by molar-refractivity contribution is -0.145. The van der Waals surface area contributed by atoms with Crippen molar-refractivity contribution in [2.24, 2.45) is 23.5 Å². The molecule has 2 aliphatic carbocycles. The number of fused-ring (bicyclic) bond motifs is 1. The van der Waals surface area contributed by atoms with Crippen molar-refractivity contribution in [1.29, 1.82) is 0 Å². The number of para-hydroxylation sites is 1. The molecule has 128 valence electrons. The first-order chi connectivity index (χ1) is 11.3. The van der Waals surface area contributed by atoms with Crippen LogP contribution in [0.3, 0.4) is 0 Å². The molecule has 0 bridgehead atoms. The van der Waals surface area contributed by atoms with Crippen LogP contribution in [0.25, 0.3) is 0 Å². The van der Waals surface area contributed by atoms with E-state index in [1.165, 1.54) is 7.11 Å². The maximum atomic E-state index is 12.5. The van der Waals surface area contributed by atoms with E-state index in [1.807, 2.05) is 0 Å². The molecule has 0 aromatic heterocycles. The average molecular weight is 334 g/mol. The number of aliphatic carboxylic acids is 2. The lowest BCUT2D eigenvalue weighted by Crippen LogP contribution is -2.52. The normalized spacial score (nSPS) is 33.4. The topological polar surface area (TPSA) is 139 Å². The smallest absolute Gasteiger partial charge is 0.324 e. The number of carboxylic acid groups (broad SMARTS) is 2. The Balaban J connectivity index is 1.82. The fraction of sp³-hybridized carbons (Fsp3) is 0.438. The fourth-order valence-electron chi connectivity index (χ4n) is 3.91. The van der Waals surface area contributed by atoms with Gasteiger partial charge in [0.25, 0.3) is 5.91 Å². The lowest BCUT2D eigenvalue weighted by atomic mass is 9.90. The zero-order valence-electron chi connectivity index (χ0n) is 12.9. The Hall–Kier alpha value is -2.61. The predicted molar refractivity (Wildman–Crippen MR) is 81.5 cm³/mol. The van der Waals surface area contributed by atoms with Crippen LogP contribution in [0.15, 0.2) is 24.3 Å². The van der Waals surface area contributed by atoms with E-state index in [9.17, 15) is 24.6 Å². The highest BCUT2D eigenvalue weighted by atomic mass is 16.5. The van der Waals surface area contributed by atoms with Gasteiger partial charge in [0.1, 0.15) is 11.3 Å². The zero-order valence-corrected chi connectivity index (χ0v) is 12.9. The number of methoxy groups -OCH3 is 1. The highest BCUT2D eigenvalue weighted by Crippen LogP contribution is 2.61. The third-order valence-corrected chi connectivity index (χ3v) is 5.04. The number of amides is 1. The van der Waals surface area contributed by atoms with Crippen molar-refractivity contribution in [1.82, 2.24) is 5.32 Å². The van der Waals surface area contributed by atoms with Crippen LogP contribution in [0.4, 0.5) is 0 Å². The molecule has 1 aromatic rings. The van der Waals surface area contributed by atoms with Crippen molar-refractivity contribution < 1.29 is 29.3 Å². The quantitative estimate of drug-likeness (QED) is 0.591. The molecule has 0 heterocycles. The summed E-state index contributed by atoms with van der Waals surface area (Å²) in [7, 11) is 1.44. The van der Waals surface area contributed by atoms with Crippen molar-refractivity contribution in [2.75, 3.05) is 7.11 Å². The van der Waals surface area contributed by atoms with Gasteiger partial charge in [0, 0.05) is 12.0 Å². The second-order valence-corrected chi connectivity index (χ2v) is 6.30. The van der Waals surface area contributed by atoms with E-state index in [0.717, 1.165) is 0 Å². The van der Waals surface area contributed by atoms with Crippen molar-refractivity contribution in [2.45, 2.75) is 18.0 Å². The van der Waals surface area contributed by atoms with Gasteiger partial charge in [-0.1, -0.05) is 12.1 Å². The second kappa shape index (κ2) is 5.48. The Labute approximate surface area is 137 Å². The van der Waals surface area contributed by atoms with Crippen molar-refractivity contribution in [3.63, 3.8) is 0 Å². The molecule has 2 fully saturated rings. The summed E-state index contributed by atoms with van der Waals surface area (Å²) in [5, 5.41) is 21.3. The Morgan fingerprint density at radius 2 is 1.96 bits per heavy atom. The largest absolute Gasteiger partial charge is 0.496 e. The van der Waals surface area contributed by atoms with Gasteiger partial charge in [-0.2, -0.15) is 0 Å². The van der Waals surface area contributed by atoms with Crippen molar-refractivity contribution in [3.8, 4) is 5.75 Å². The maximum absolute atomic E-state index is 12.5. The third kappa shape index (κ3) is 2.30. The van der Waals surface area contributed by atoms with Crippen molar-refractivity contribution >= 4 is 17.8 Å². The van der Waals surface area contributed by atoms with Gasteiger partial charge in [-0.3, -0.25) is 14.4 Å². The first kappa shape index (κ1) is 16.3. The monoisotopic (exact) mass is 334 g/mol. The molecule has 0 aliphatic heterocycles. The van der Waals surface area contributed by atoms with E-state index in [-0.39, 0.29) is 6.42 Å². The molecule has 3 rings (SSSR count). The van der Waals surface area contributed by atoms with Gasteiger partial charge >= 0.3 is 11.9 Å². The standard InChI is InChI=1S/C16H18N2O6/c1-24-9-5-3-2-4-7(9)13(19)18-8-6-16(17,15(22)23)12-10(8)11(12)14(20)21/h2-5,8,10-12H,6,17H2,1H3,(H,18,19)(H,20,21)(H,22,23). The number of carbonyl (C=O) groups excluding carboxylic acids is 1. The molecule has 5 N–H and O–H groups in total. The lowest BCUT2D eigenvalue weighted by Gasteiger charge is -2.25. The first-order valence-electron chi connectivity index (χ1n) is 7.50. The number of rotatable bonds is 5. The summed E-state index contributed by atoms with van der Waals surface area (Å²) < 4.78 is 5.13. The third-order valence-electron chi connectivity index (χ3n) is 5.04. The summed E-state index contributed by atoms with van der Waals surface area (Å²) in [5.41, 5.74) is 4.60. The van der Waals surface area contributed by atoms with Gasteiger partial charge < -0.3 is 26.0 Å². The number of ether oxygens (including phenoxy) is 1. The molecule has 2 saturated carbocycles. The highest BCUT2D eigenvalue weighted by Gasteiger charge is 2.74. The van der Waals surface area contributed by atoms with Crippen LogP contribution in [0.2, 0.25) is 0 Å². The molecule has 5 atom stereocenters. The Morgan fingerprint density at radius 3 is 2.54 bits per heavy atom. The second-order valence-electron chi connectivity index (χ2n) is 6.30. The van der Waals surface area contributed by atoms with Crippen molar-refractivity contribution in [3.05, 3.63) is 29.8 Å². The molecule has 0 spiro atoms. The summed E-state index contributed by atoms with van der Waals surface area (Å²) in [6.07, 6.45) is 0.00232. The van der Waals surface area contributed by atoms with Crippen LogP contribution >= 0.6 is 0 Å². The predicted octanol–water partition coefficient (Wildman–Crippen LogP) is -0.0738.